The predicted octanol–water partition coefficient (Wildman–Crippen LogP) is 5.16. The molecule has 5 heteroatoms. The van der Waals surface area contributed by atoms with Gasteiger partial charge in [0.15, 0.2) is 0 Å². The van der Waals surface area contributed by atoms with Crippen LogP contribution in [0.5, 0.6) is 0 Å². The number of rotatable bonds is 8. The maximum absolute atomic E-state index is 10.5. The number of hydrogen-bond donors (Lipinski definition) is 0. The second kappa shape index (κ2) is 12.7. The van der Waals surface area contributed by atoms with Crippen molar-refractivity contribution in [3.63, 3.8) is 0 Å². The Labute approximate surface area is 180 Å². The lowest BCUT2D eigenvalue weighted by atomic mass is 10.1. The first-order valence-corrected chi connectivity index (χ1v) is 11.7. The van der Waals surface area contributed by atoms with E-state index in [2.05, 4.69) is 81.7 Å². The molecule has 1 atom stereocenters. The zero-order valence-corrected chi connectivity index (χ0v) is 19.9. The Morgan fingerprint density at radius 1 is 0.724 bits per heavy atom. The van der Waals surface area contributed by atoms with Crippen molar-refractivity contribution in [2.45, 2.75) is 48.5 Å². The maximum atomic E-state index is 10.5. The minimum atomic E-state index is -1.96. The summed E-state index contributed by atoms with van der Waals surface area (Å²) in [5.74, 6) is 0.181. The Morgan fingerprint density at radius 3 is 1.48 bits per heavy atom. The molecule has 0 radical (unpaired) electrons. The summed E-state index contributed by atoms with van der Waals surface area (Å²) in [7, 11) is 0. The fourth-order valence-electron chi connectivity index (χ4n) is 3.09. The Morgan fingerprint density at radius 2 is 1.14 bits per heavy atom. The van der Waals surface area contributed by atoms with Crippen LogP contribution in [-0.4, -0.2) is 40.7 Å². The van der Waals surface area contributed by atoms with Gasteiger partial charge in [0.05, 0.1) is 0 Å². The molecule has 4 nitrogen and oxygen atoms in total. The van der Waals surface area contributed by atoms with Gasteiger partial charge >= 0.3 is 0 Å². The van der Waals surface area contributed by atoms with Crippen LogP contribution in [0.15, 0.2) is 36.4 Å². The van der Waals surface area contributed by atoms with E-state index in [0.717, 1.165) is 25.3 Å². The Hall–Kier alpha value is -1.85. The van der Waals surface area contributed by atoms with E-state index in [1.54, 1.807) is 0 Å². The molecule has 0 aliphatic heterocycles. The third kappa shape index (κ3) is 8.19. The van der Waals surface area contributed by atoms with Crippen LogP contribution < -0.4 is 9.80 Å². The van der Waals surface area contributed by atoms with Gasteiger partial charge in [-0.3, -0.25) is 4.21 Å². The Bertz CT molecular complexity index is 788. The second-order valence-corrected chi connectivity index (χ2v) is 8.31. The minimum Gasteiger partial charge on any atom is -0.772 e. The lowest BCUT2D eigenvalue weighted by molar-refractivity contribution is 0.536. The van der Waals surface area contributed by atoms with E-state index in [9.17, 15) is 8.76 Å². The first-order chi connectivity index (χ1) is 13.7. The molecule has 0 N–H and O–H groups in total. The first kappa shape index (κ1) is 25.2. The van der Waals surface area contributed by atoms with Gasteiger partial charge in [0.1, 0.15) is 0 Å². The molecule has 2 aromatic rings. The summed E-state index contributed by atoms with van der Waals surface area (Å²) < 4.78 is 21.1. The monoisotopic (exact) mass is 417 g/mol. The van der Waals surface area contributed by atoms with Crippen LogP contribution in [0.25, 0.3) is 0 Å². The van der Waals surface area contributed by atoms with Gasteiger partial charge in [0.2, 0.25) is 0 Å². The van der Waals surface area contributed by atoms with Gasteiger partial charge in [0.25, 0.3) is 0 Å². The molecule has 2 aromatic carbocycles. The van der Waals surface area contributed by atoms with Crippen molar-refractivity contribution in [1.29, 1.82) is 0 Å². The molecular weight excluding hydrogens is 380 g/mol. The molecule has 0 bridgehead atoms. The molecular formula is C24H37N2O2S-. The van der Waals surface area contributed by atoms with Crippen LogP contribution in [0.4, 0.5) is 11.4 Å². The SMILES string of the molecule is CCN(CC)c1ccc(C)c(C)c1.CCN(CCS(=O)[O-])c1ccc(C)c(C)c1. The summed E-state index contributed by atoms with van der Waals surface area (Å²) in [4.78, 5) is 4.44. The van der Waals surface area contributed by atoms with E-state index in [-0.39, 0.29) is 5.75 Å². The van der Waals surface area contributed by atoms with Crippen molar-refractivity contribution >= 4 is 22.5 Å². The van der Waals surface area contributed by atoms with E-state index in [0.29, 0.717) is 6.54 Å². The lowest BCUT2D eigenvalue weighted by Gasteiger charge is -2.24. The van der Waals surface area contributed by atoms with Gasteiger partial charge in [-0.15, -0.1) is 0 Å². The third-order valence-corrected chi connectivity index (χ3v) is 5.90. The van der Waals surface area contributed by atoms with Crippen LogP contribution in [-0.2, 0) is 11.1 Å². The third-order valence-electron chi connectivity index (χ3n) is 5.38. The molecule has 0 saturated carbocycles. The summed E-state index contributed by atoms with van der Waals surface area (Å²) in [6.07, 6.45) is 0. The molecule has 2 rings (SSSR count). The zero-order chi connectivity index (χ0) is 22.0. The fraction of sp³-hybridized carbons (Fsp3) is 0.500. The molecule has 1 unspecified atom stereocenters. The summed E-state index contributed by atoms with van der Waals surface area (Å²) in [6, 6.07) is 12.9. The van der Waals surface area contributed by atoms with Crippen LogP contribution >= 0.6 is 0 Å². The first-order valence-electron chi connectivity index (χ1n) is 10.4. The normalized spacial score (nSPS) is 11.4. The molecule has 29 heavy (non-hydrogen) atoms. The molecule has 0 aliphatic rings. The zero-order valence-electron chi connectivity index (χ0n) is 19.1. The van der Waals surface area contributed by atoms with Crippen molar-refractivity contribution in [3.8, 4) is 0 Å². The van der Waals surface area contributed by atoms with Crippen molar-refractivity contribution in [2.75, 3.05) is 41.7 Å². The van der Waals surface area contributed by atoms with Crippen molar-refractivity contribution in [1.82, 2.24) is 0 Å². The quantitative estimate of drug-likeness (QED) is 0.557. The molecule has 162 valence electrons. The Balaban J connectivity index is 0.000000296. The molecule has 0 saturated heterocycles. The number of anilines is 2. The molecule has 0 aliphatic carbocycles. The summed E-state index contributed by atoms with van der Waals surface area (Å²) in [6.45, 7) is 18.4. The van der Waals surface area contributed by atoms with E-state index in [1.807, 2.05) is 13.0 Å². The fourth-order valence-corrected chi connectivity index (χ4v) is 3.46. The number of nitrogens with zero attached hydrogens (tertiary/aromatic N) is 2. The van der Waals surface area contributed by atoms with Gasteiger partial charge in [-0.1, -0.05) is 23.2 Å². The maximum Gasteiger partial charge on any atom is 0.0369 e. The van der Waals surface area contributed by atoms with Crippen LogP contribution in [0.2, 0.25) is 0 Å². The molecule has 0 fully saturated rings. The second-order valence-electron chi connectivity index (χ2n) is 7.30. The Kier molecular flexibility index (Phi) is 11.0. The summed E-state index contributed by atoms with van der Waals surface area (Å²) >= 11 is -1.96. The van der Waals surface area contributed by atoms with E-state index >= 15 is 0 Å². The van der Waals surface area contributed by atoms with Gasteiger partial charge in [-0.05, 0) is 95.0 Å². The largest absolute Gasteiger partial charge is 0.772 e. The van der Waals surface area contributed by atoms with Crippen LogP contribution in [0.1, 0.15) is 43.0 Å². The van der Waals surface area contributed by atoms with E-state index < -0.39 is 11.1 Å². The van der Waals surface area contributed by atoms with Gasteiger partial charge in [0, 0.05) is 43.3 Å². The summed E-state index contributed by atoms with van der Waals surface area (Å²) in [5, 5.41) is 0. The molecule has 0 spiro atoms. The van der Waals surface area contributed by atoms with Crippen molar-refractivity contribution < 1.29 is 8.76 Å². The van der Waals surface area contributed by atoms with E-state index in [1.165, 1.54) is 27.9 Å². The topological polar surface area (TPSA) is 46.6 Å². The van der Waals surface area contributed by atoms with Gasteiger partial charge in [-0.25, -0.2) is 0 Å². The van der Waals surface area contributed by atoms with E-state index in [4.69, 9.17) is 0 Å². The molecule has 0 heterocycles. The van der Waals surface area contributed by atoms with Crippen LogP contribution in [0.3, 0.4) is 0 Å². The van der Waals surface area contributed by atoms with Crippen molar-refractivity contribution in [3.05, 3.63) is 58.7 Å². The molecule has 0 aromatic heterocycles. The lowest BCUT2D eigenvalue weighted by Crippen LogP contribution is -2.27. The number of hydrogen-bond acceptors (Lipinski definition) is 4. The predicted molar refractivity (Wildman–Crippen MR) is 127 cm³/mol. The van der Waals surface area contributed by atoms with Gasteiger partial charge < -0.3 is 14.4 Å². The smallest absolute Gasteiger partial charge is 0.0369 e. The average molecular weight is 418 g/mol. The number of aryl methyl sites for hydroxylation is 4. The standard InChI is InChI=1S/C12H19NO2S.C12H19N/c1-4-13(7-8-16(14)15)12-6-5-10(2)11(3)9-12;1-5-13(6-2)12-8-7-10(3)11(4)9-12/h5-6,9H,4,7-8H2,1-3H3,(H,14,15);7-9H,5-6H2,1-4H3/p-1. The summed E-state index contributed by atoms with van der Waals surface area (Å²) in [5.41, 5.74) is 7.68. The van der Waals surface area contributed by atoms with Crippen LogP contribution in [0, 0.1) is 27.7 Å². The highest BCUT2D eigenvalue weighted by Crippen LogP contribution is 2.19. The van der Waals surface area contributed by atoms with Crippen molar-refractivity contribution in [2.24, 2.45) is 0 Å². The van der Waals surface area contributed by atoms with Gasteiger partial charge in [-0.2, -0.15) is 0 Å². The average Bonchev–Trinajstić information content (AvgIpc) is 2.69. The molecule has 0 amide bonds. The highest BCUT2D eigenvalue weighted by molar-refractivity contribution is 7.79. The minimum absolute atomic E-state index is 0.181. The number of benzene rings is 2. The highest BCUT2D eigenvalue weighted by Gasteiger charge is 2.05. The highest BCUT2D eigenvalue weighted by atomic mass is 32.2.